The molecule has 0 aliphatic heterocycles. The number of hydrogen-bond acceptors (Lipinski definition) is 3. The van der Waals surface area contributed by atoms with Crippen LogP contribution in [0.4, 0.5) is 0 Å². The molecule has 0 amide bonds. The zero-order chi connectivity index (χ0) is 14.0. The summed E-state index contributed by atoms with van der Waals surface area (Å²) in [6, 6.07) is 0.678. The second-order valence-corrected chi connectivity index (χ2v) is 6.08. The molecule has 0 radical (unpaired) electrons. The first-order chi connectivity index (χ1) is 8.47. The van der Waals surface area contributed by atoms with Crippen LogP contribution in [-0.2, 0) is 0 Å². The highest BCUT2D eigenvalue weighted by Crippen LogP contribution is 2.07. The average molecular weight is 257 g/mol. The number of nitrogens with zero attached hydrogens (tertiary/aromatic N) is 2. The van der Waals surface area contributed by atoms with E-state index < -0.39 is 0 Å². The van der Waals surface area contributed by atoms with E-state index in [4.69, 9.17) is 0 Å². The Hall–Kier alpha value is -0.120. The first-order valence-electron chi connectivity index (χ1n) is 7.56. The summed E-state index contributed by atoms with van der Waals surface area (Å²) in [5.74, 6) is 0.748. The number of nitrogens with one attached hydrogen (secondary N) is 1. The minimum atomic E-state index is 0.678. The largest absolute Gasteiger partial charge is 0.317 e. The fourth-order valence-electron chi connectivity index (χ4n) is 2.08. The van der Waals surface area contributed by atoms with Gasteiger partial charge < -0.3 is 10.2 Å². The quantitative estimate of drug-likeness (QED) is 0.573. The Labute approximate surface area is 115 Å². The van der Waals surface area contributed by atoms with Crippen molar-refractivity contribution in [1.29, 1.82) is 0 Å². The van der Waals surface area contributed by atoms with Gasteiger partial charge in [0.15, 0.2) is 0 Å². The van der Waals surface area contributed by atoms with Crippen molar-refractivity contribution in [3.63, 3.8) is 0 Å². The molecule has 1 unspecified atom stereocenters. The first kappa shape index (κ1) is 17.9. The lowest BCUT2D eigenvalue weighted by Crippen LogP contribution is -2.41. The smallest absolute Gasteiger partial charge is 0.0112 e. The van der Waals surface area contributed by atoms with Gasteiger partial charge in [0.1, 0.15) is 0 Å². The van der Waals surface area contributed by atoms with Crippen molar-refractivity contribution in [2.24, 2.45) is 5.92 Å². The molecular formula is C15H35N3. The van der Waals surface area contributed by atoms with E-state index >= 15 is 0 Å². The zero-order valence-electron chi connectivity index (χ0n) is 13.5. The molecule has 0 aromatic carbocycles. The normalized spacial score (nSPS) is 13.8. The lowest BCUT2D eigenvalue weighted by Gasteiger charge is -2.31. The van der Waals surface area contributed by atoms with Crippen molar-refractivity contribution < 1.29 is 0 Å². The Bertz CT molecular complexity index is 181. The topological polar surface area (TPSA) is 18.5 Å². The molecule has 0 aromatic heterocycles. The van der Waals surface area contributed by atoms with Crippen LogP contribution < -0.4 is 5.32 Å². The fourth-order valence-corrected chi connectivity index (χ4v) is 2.08. The molecule has 3 heteroatoms. The SMILES string of the molecule is CCCNCCC(C)N(CCN(C)C)CC(C)C. The molecule has 0 rings (SSSR count). The molecule has 0 aliphatic carbocycles. The van der Waals surface area contributed by atoms with E-state index in [0.717, 1.165) is 25.6 Å². The lowest BCUT2D eigenvalue weighted by atomic mass is 10.1. The summed E-state index contributed by atoms with van der Waals surface area (Å²) in [6.45, 7) is 15.0. The van der Waals surface area contributed by atoms with E-state index in [1.807, 2.05) is 0 Å². The van der Waals surface area contributed by atoms with Crippen LogP contribution in [0.15, 0.2) is 0 Å². The number of likely N-dealkylation sites (N-methyl/N-ethyl adjacent to an activating group) is 1. The van der Waals surface area contributed by atoms with Gasteiger partial charge in [-0.05, 0) is 52.9 Å². The van der Waals surface area contributed by atoms with Crippen molar-refractivity contribution in [2.45, 2.75) is 46.6 Å². The van der Waals surface area contributed by atoms with Crippen LogP contribution in [0.3, 0.4) is 0 Å². The number of rotatable bonds is 11. The minimum Gasteiger partial charge on any atom is -0.317 e. The zero-order valence-corrected chi connectivity index (χ0v) is 13.5. The summed E-state index contributed by atoms with van der Waals surface area (Å²) in [7, 11) is 4.31. The Morgan fingerprint density at radius 2 is 1.67 bits per heavy atom. The molecule has 1 atom stereocenters. The average Bonchev–Trinajstić information content (AvgIpc) is 2.29. The van der Waals surface area contributed by atoms with E-state index in [1.165, 1.54) is 25.9 Å². The molecule has 3 nitrogen and oxygen atoms in total. The van der Waals surface area contributed by atoms with Crippen LogP contribution in [0.5, 0.6) is 0 Å². The van der Waals surface area contributed by atoms with Gasteiger partial charge in [0, 0.05) is 25.7 Å². The van der Waals surface area contributed by atoms with Crippen molar-refractivity contribution in [2.75, 3.05) is 46.8 Å². The van der Waals surface area contributed by atoms with Gasteiger partial charge in [-0.2, -0.15) is 0 Å². The molecule has 0 heterocycles. The molecule has 0 aliphatic rings. The van der Waals surface area contributed by atoms with Gasteiger partial charge >= 0.3 is 0 Å². The maximum absolute atomic E-state index is 3.50. The Morgan fingerprint density at radius 3 is 2.17 bits per heavy atom. The third kappa shape index (κ3) is 9.86. The lowest BCUT2D eigenvalue weighted by molar-refractivity contribution is 0.162. The van der Waals surface area contributed by atoms with Crippen LogP contribution in [0.2, 0.25) is 0 Å². The third-order valence-corrected chi connectivity index (χ3v) is 3.22. The van der Waals surface area contributed by atoms with Gasteiger partial charge in [0.25, 0.3) is 0 Å². The summed E-state index contributed by atoms with van der Waals surface area (Å²) >= 11 is 0. The van der Waals surface area contributed by atoms with Gasteiger partial charge in [-0.15, -0.1) is 0 Å². The van der Waals surface area contributed by atoms with Crippen LogP contribution in [0.1, 0.15) is 40.5 Å². The maximum Gasteiger partial charge on any atom is 0.0112 e. The molecular weight excluding hydrogens is 222 g/mol. The highest BCUT2D eigenvalue weighted by Gasteiger charge is 2.14. The molecule has 0 saturated carbocycles. The predicted molar refractivity (Wildman–Crippen MR) is 82.2 cm³/mol. The van der Waals surface area contributed by atoms with E-state index in [9.17, 15) is 0 Å². The van der Waals surface area contributed by atoms with Gasteiger partial charge in [-0.25, -0.2) is 0 Å². The van der Waals surface area contributed by atoms with E-state index in [-0.39, 0.29) is 0 Å². The maximum atomic E-state index is 3.50. The van der Waals surface area contributed by atoms with Crippen LogP contribution in [0.25, 0.3) is 0 Å². The summed E-state index contributed by atoms with van der Waals surface area (Å²) in [5.41, 5.74) is 0. The molecule has 0 aromatic rings. The van der Waals surface area contributed by atoms with Crippen molar-refractivity contribution in [3.05, 3.63) is 0 Å². The number of hydrogen-bond donors (Lipinski definition) is 1. The molecule has 18 heavy (non-hydrogen) atoms. The summed E-state index contributed by atoms with van der Waals surface area (Å²) in [4.78, 5) is 4.91. The van der Waals surface area contributed by atoms with Crippen LogP contribution >= 0.6 is 0 Å². The van der Waals surface area contributed by atoms with Gasteiger partial charge in [-0.1, -0.05) is 20.8 Å². The first-order valence-corrected chi connectivity index (χ1v) is 7.56. The molecule has 0 spiro atoms. The van der Waals surface area contributed by atoms with Crippen LogP contribution in [0, 0.1) is 5.92 Å². The summed E-state index contributed by atoms with van der Waals surface area (Å²) < 4.78 is 0. The van der Waals surface area contributed by atoms with Gasteiger partial charge in [-0.3, -0.25) is 4.90 Å². The van der Waals surface area contributed by atoms with Crippen molar-refractivity contribution in [1.82, 2.24) is 15.1 Å². The summed E-state index contributed by atoms with van der Waals surface area (Å²) in [6.07, 6.45) is 2.48. The van der Waals surface area contributed by atoms with E-state index in [0.29, 0.717) is 6.04 Å². The highest BCUT2D eigenvalue weighted by molar-refractivity contribution is 4.70. The predicted octanol–water partition coefficient (Wildman–Crippen LogP) is 2.28. The molecule has 0 saturated heterocycles. The van der Waals surface area contributed by atoms with Crippen molar-refractivity contribution >= 4 is 0 Å². The van der Waals surface area contributed by atoms with E-state index in [2.05, 4.69) is 56.9 Å². The fraction of sp³-hybridized carbons (Fsp3) is 1.00. The van der Waals surface area contributed by atoms with Crippen LogP contribution in [-0.4, -0.2) is 62.7 Å². The Balaban J connectivity index is 4.00. The molecule has 1 N–H and O–H groups in total. The second-order valence-electron chi connectivity index (χ2n) is 6.08. The molecule has 0 bridgehead atoms. The third-order valence-electron chi connectivity index (χ3n) is 3.22. The minimum absolute atomic E-state index is 0.678. The van der Waals surface area contributed by atoms with Gasteiger partial charge in [0.2, 0.25) is 0 Å². The van der Waals surface area contributed by atoms with Gasteiger partial charge in [0.05, 0.1) is 0 Å². The summed E-state index contributed by atoms with van der Waals surface area (Å²) in [5, 5.41) is 3.50. The monoisotopic (exact) mass is 257 g/mol. The Kier molecular flexibility index (Phi) is 10.7. The standard InChI is InChI=1S/C15H35N3/c1-7-9-16-10-8-15(4)18(13-14(2)3)12-11-17(5)6/h14-16H,7-13H2,1-6H3. The second kappa shape index (κ2) is 10.8. The Morgan fingerprint density at radius 1 is 1.00 bits per heavy atom. The van der Waals surface area contributed by atoms with Crippen molar-refractivity contribution in [3.8, 4) is 0 Å². The van der Waals surface area contributed by atoms with E-state index in [1.54, 1.807) is 0 Å². The molecule has 110 valence electrons. The molecule has 0 fully saturated rings. The highest BCUT2D eigenvalue weighted by atomic mass is 15.2.